The fourth-order valence-corrected chi connectivity index (χ4v) is 3.22. The number of aromatic nitrogens is 2. The monoisotopic (exact) mass is 398 g/mol. The van der Waals surface area contributed by atoms with E-state index < -0.39 is 0 Å². The molecule has 1 aromatic carbocycles. The van der Waals surface area contributed by atoms with Gasteiger partial charge in [-0.25, -0.2) is 0 Å². The Morgan fingerprint density at radius 3 is 2.90 bits per heavy atom. The Hall–Kier alpha value is -0.990. The highest BCUT2D eigenvalue weighted by Gasteiger charge is 2.21. The highest BCUT2D eigenvalue weighted by molar-refractivity contribution is 14.1. The Morgan fingerprint density at radius 2 is 2.14 bits per heavy atom. The van der Waals surface area contributed by atoms with Gasteiger partial charge in [-0.1, -0.05) is 17.3 Å². The van der Waals surface area contributed by atoms with Crippen LogP contribution < -0.4 is 5.73 Å². The third kappa shape index (κ3) is 3.27. The normalized spacial score (nSPS) is 17.3. The van der Waals surface area contributed by atoms with E-state index in [1.54, 1.807) is 0 Å². The van der Waals surface area contributed by atoms with E-state index in [0.29, 0.717) is 11.7 Å². The Morgan fingerprint density at radius 1 is 1.38 bits per heavy atom. The molecule has 2 heterocycles. The van der Waals surface area contributed by atoms with E-state index in [2.05, 4.69) is 50.6 Å². The van der Waals surface area contributed by atoms with Gasteiger partial charge in [0.15, 0.2) is 5.82 Å². The van der Waals surface area contributed by atoms with E-state index in [1.807, 2.05) is 12.1 Å². The number of likely N-dealkylation sites (tertiary alicyclic amines) is 1. The molecule has 0 radical (unpaired) electrons. The van der Waals surface area contributed by atoms with Crippen molar-refractivity contribution in [1.29, 1.82) is 0 Å². The number of benzene rings is 1. The van der Waals surface area contributed by atoms with Crippen molar-refractivity contribution >= 4 is 22.6 Å². The standard InChI is InChI=1S/C15H19IN4O/c1-10-5-4-6-11(13(10)16)15-18-14(19-21-15)12(17)9-20-7-2-3-8-20/h4-6,12H,2-3,7-9,17H2,1H3. The van der Waals surface area contributed by atoms with Gasteiger partial charge in [0.25, 0.3) is 5.89 Å². The van der Waals surface area contributed by atoms with Gasteiger partial charge < -0.3 is 15.2 Å². The fraction of sp³-hybridized carbons (Fsp3) is 0.467. The minimum Gasteiger partial charge on any atom is -0.334 e. The summed E-state index contributed by atoms with van der Waals surface area (Å²) in [6.07, 6.45) is 2.51. The summed E-state index contributed by atoms with van der Waals surface area (Å²) in [6, 6.07) is 5.88. The molecule has 2 N–H and O–H groups in total. The Balaban J connectivity index is 1.77. The number of aryl methyl sites for hydroxylation is 1. The summed E-state index contributed by atoms with van der Waals surface area (Å²) in [5.74, 6) is 1.14. The Bertz CT molecular complexity index is 622. The van der Waals surface area contributed by atoms with Crippen LogP contribution in [0.25, 0.3) is 11.5 Å². The molecule has 21 heavy (non-hydrogen) atoms. The lowest BCUT2D eigenvalue weighted by Gasteiger charge is -2.17. The largest absolute Gasteiger partial charge is 0.334 e. The molecule has 1 atom stereocenters. The molecular formula is C15H19IN4O. The molecule has 1 aliphatic heterocycles. The highest BCUT2D eigenvalue weighted by Crippen LogP contribution is 2.27. The second-order valence-electron chi connectivity index (χ2n) is 5.51. The van der Waals surface area contributed by atoms with Crippen molar-refractivity contribution in [2.45, 2.75) is 25.8 Å². The van der Waals surface area contributed by atoms with Gasteiger partial charge in [0.2, 0.25) is 0 Å². The summed E-state index contributed by atoms with van der Waals surface area (Å²) in [5, 5.41) is 4.06. The fourth-order valence-electron chi connectivity index (χ4n) is 2.63. The smallest absolute Gasteiger partial charge is 0.259 e. The van der Waals surface area contributed by atoms with Crippen LogP contribution in [0, 0.1) is 10.5 Å². The molecule has 1 unspecified atom stereocenters. The molecule has 1 aliphatic rings. The maximum absolute atomic E-state index is 6.21. The van der Waals surface area contributed by atoms with E-state index in [9.17, 15) is 0 Å². The van der Waals surface area contributed by atoms with Crippen molar-refractivity contribution < 1.29 is 4.52 Å². The van der Waals surface area contributed by atoms with E-state index >= 15 is 0 Å². The van der Waals surface area contributed by atoms with Crippen LogP contribution in [-0.2, 0) is 0 Å². The van der Waals surface area contributed by atoms with Crippen molar-refractivity contribution in [3.63, 3.8) is 0 Å². The summed E-state index contributed by atoms with van der Waals surface area (Å²) in [5.41, 5.74) is 8.38. The molecule has 6 heteroatoms. The zero-order valence-corrected chi connectivity index (χ0v) is 14.2. The number of halogens is 1. The van der Waals surface area contributed by atoms with Gasteiger partial charge in [-0.2, -0.15) is 4.98 Å². The number of hydrogen-bond donors (Lipinski definition) is 1. The van der Waals surface area contributed by atoms with E-state index in [1.165, 1.54) is 18.4 Å². The first-order valence-electron chi connectivity index (χ1n) is 7.22. The second-order valence-corrected chi connectivity index (χ2v) is 6.59. The van der Waals surface area contributed by atoms with Crippen LogP contribution in [0.15, 0.2) is 22.7 Å². The van der Waals surface area contributed by atoms with Crippen LogP contribution in [0.4, 0.5) is 0 Å². The third-order valence-electron chi connectivity index (χ3n) is 3.85. The molecule has 3 rings (SSSR count). The number of nitrogens with zero attached hydrogens (tertiary/aromatic N) is 3. The van der Waals surface area contributed by atoms with Crippen LogP contribution in [-0.4, -0.2) is 34.7 Å². The Labute approximate surface area is 138 Å². The highest BCUT2D eigenvalue weighted by atomic mass is 127. The lowest BCUT2D eigenvalue weighted by molar-refractivity contribution is 0.306. The lowest BCUT2D eigenvalue weighted by Crippen LogP contribution is -2.30. The molecule has 0 spiro atoms. The maximum atomic E-state index is 6.21. The van der Waals surface area contributed by atoms with E-state index in [0.717, 1.165) is 28.8 Å². The van der Waals surface area contributed by atoms with Gasteiger partial charge in [0.05, 0.1) is 11.6 Å². The van der Waals surface area contributed by atoms with Gasteiger partial charge in [-0.3, -0.25) is 0 Å². The molecule has 5 nitrogen and oxygen atoms in total. The summed E-state index contributed by atoms with van der Waals surface area (Å²) in [4.78, 5) is 6.85. The molecule has 1 fully saturated rings. The summed E-state index contributed by atoms with van der Waals surface area (Å²) >= 11 is 2.31. The predicted octanol–water partition coefficient (Wildman–Crippen LogP) is 2.75. The molecule has 0 aliphatic carbocycles. The first-order valence-corrected chi connectivity index (χ1v) is 8.30. The Kier molecular flexibility index (Phi) is 4.56. The quantitative estimate of drug-likeness (QED) is 0.803. The van der Waals surface area contributed by atoms with Crippen LogP contribution >= 0.6 is 22.6 Å². The summed E-state index contributed by atoms with van der Waals surface area (Å²) in [7, 11) is 0. The molecule has 0 amide bonds. The molecule has 1 saturated heterocycles. The molecule has 112 valence electrons. The van der Waals surface area contributed by atoms with Crippen LogP contribution in [0.5, 0.6) is 0 Å². The third-order valence-corrected chi connectivity index (χ3v) is 5.28. The molecule has 0 saturated carbocycles. The van der Waals surface area contributed by atoms with E-state index in [-0.39, 0.29) is 6.04 Å². The van der Waals surface area contributed by atoms with Gasteiger partial charge in [0, 0.05) is 10.1 Å². The predicted molar refractivity (Wildman–Crippen MR) is 89.8 cm³/mol. The van der Waals surface area contributed by atoms with Gasteiger partial charge in [0.1, 0.15) is 0 Å². The van der Waals surface area contributed by atoms with Crippen molar-refractivity contribution in [3.05, 3.63) is 33.2 Å². The molecule has 1 aromatic heterocycles. The van der Waals surface area contributed by atoms with Crippen molar-refractivity contribution in [3.8, 4) is 11.5 Å². The van der Waals surface area contributed by atoms with Crippen molar-refractivity contribution in [1.82, 2.24) is 15.0 Å². The first kappa shape index (κ1) is 14.9. The molecule has 0 bridgehead atoms. The van der Waals surface area contributed by atoms with Gasteiger partial charge in [-0.15, -0.1) is 0 Å². The minimum atomic E-state index is -0.192. The van der Waals surface area contributed by atoms with Crippen LogP contribution in [0.2, 0.25) is 0 Å². The second kappa shape index (κ2) is 6.41. The number of rotatable bonds is 4. The summed E-state index contributed by atoms with van der Waals surface area (Å²) in [6.45, 7) is 5.11. The summed E-state index contributed by atoms with van der Waals surface area (Å²) < 4.78 is 6.55. The number of nitrogens with two attached hydrogens (primary N) is 1. The average molecular weight is 398 g/mol. The minimum absolute atomic E-state index is 0.192. The molecular weight excluding hydrogens is 379 g/mol. The first-order chi connectivity index (χ1) is 10.1. The zero-order valence-electron chi connectivity index (χ0n) is 12.1. The van der Waals surface area contributed by atoms with Crippen LogP contribution in [0.1, 0.15) is 30.3 Å². The average Bonchev–Trinajstić information content (AvgIpc) is 3.12. The lowest BCUT2D eigenvalue weighted by atomic mass is 10.1. The maximum Gasteiger partial charge on any atom is 0.259 e. The van der Waals surface area contributed by atoms with Crippen molar-refractivity contribution in [2.24, 2.45) is 5.73 Å². The van der Waals surface area contributed by atoms with Gasteiger partial charge in [-0.05, 0) is 67.1 Å². The molecule has 2 aromatic rings. The van der Waals surface area contributed by atoms with Crippen molar-refractivity contribution in [2.75, 3.05) is 19.6 Å². The number of hydrogen-bond acceptors (Lipinski definition) is 5. The van der Waals surface area contributed by atoms with E-state index in [4.69, 9.17) is 10.3 Å². The SMILES string of the molecule is Cc1cccc(-c2nc(C(N)CN3CCCC3)no2)c1I. The van der Waals surface area contributed by atoms with Crippen LogP contribution in [0.3, 0.4) is 0 Å². The van der Waals surface area contributed by atoms with Gasteiger partial charge >= 0.3 is 0 Å². The topological polar surface area (TPSA) is 68.2 Å². The zero-order chi connectivity index (χ0) is 14.8.